The Morgan fingerprint density at radius 2 is 2.14 bits per heavy atom. The van der Waals surface area contributed by atoms with Crippen LogP contribution in [0.25, 0.3) is 0 Å². The van der Waals surface area contributed by atoms with Gasteiger partial charge in [-0.3, -0.25) is 4.90 Å². The molecule has 1 unspecified atom stereocenters. The molecule has 1 aromatic rings. The van der Waals surface area contributed by atoms with Gasteiger partial charge in [0.15, 0.2) is 5.69 Å². The number of morpholine rings is 1. The van der Waals surface area contributed by atoms with Crippen LogP contribution in [0.1, 0.15) is 36.2 Å². The maximum Gasteiger partial charge on any atom is 0.360 e. The summed E-state index contributed by atoms with van der Waals surface area (Å²) in [4.78, 5) is 18.4. The largest absolute Gasteiger partial charge is 0.461 e. The van der Waals surface area contributed by atoms with E-state index in [9.17, 15) is 4.79 Å². The van der Waals surface area contributed by atoms with Gasteiger partial charge in [-0.2, -0.15) is 0 Å². The van der Waals surface area contributed by atoms with E-state index >= 15 is 0 Å². The number of imidazole rings is 1. The third-order valence-corrected chi connectivity index (χ3v) is 3.66. The number of nitrogens with zero attached hydrogens (tertiary/aromatic N) is 3. The summed E-state index contributed by atoms with van der Waals surface area (Å²) in [6.07, 6.45) is 0. The number of aryl methyl sites for hydroxylation is 1. The fourth-order valence-corrected chi connectivity index (χ4v) is 2.71. The molecule has 118 valence electrons. The van der Waals surface area contributed by atoms with E-state index < -0.39 is 5.97 Å². The van der Waals surface area contributed by atoms with E-state index in [0.717, 1.165) is 38.7 Å². The number of esters is 1. The second kappa shape index (κ2) is 6.91. The van der Waals surface area contributed by atoms with Crippen molar-refractivity contribution in [1.82, 2.24) is 14.5 Å². The zero-order chi connectivity index (χ0) is 15.4. The van der Waals surface area contributed by atoms with E-state index in [-0.39, 0.29) is 11.7 Å². The third kappa shape index (κ3) is 3.54. The molecule has 0 amide bonds. The van der Waals surface area contributed by atoms with Gasteiger partial charge in [-0.25, -0.2) is 9.78 Å². The van der Waals surface area contributed by atoms with Crippen LogP contribution in [-0.4, -0.2) is 59.9 Å². The summed E-state index contributed by atoms with van der Waals surface area (Å²) < 4.78 is 12.2. The van der Waals surface area contributed by atoms with Crippen molar-refractivity contribution in [1.29, 1.82) is 0 Å². The number of nitrogens with two attached hydrogens (primary N) is 1. The van der Waals surface area contributed by atoms with Crippen molar-refractivity contribution >= 4 is 11.8 Å². The average Bonchev–Trinajstić information content (AvgIpc) is 2.75. The van der Waals surface area contributed by atoms with Gasteiger partial charge in [0.05, 0.1) is 19.8 Å². The number of ether oxygens (including phenoxy) is 2. The Hall–Kier alpha value is -1.60. The highest BCUT2D eigenvalue weighted by molar-refractivity contribution is 5.92. The molecule has 1 fully saturated rings. The first kappa shape index (κ1) is 15.8. The molecule has 0 saturated carbocycles. The standard InChI is InChI=1S/C14H24N4O3/c1-4-21-14(19)12-13(15)18(11(3)16-12)10(2)9-17-5-7-20-8-6-17/h10H,4-9,15H2,1-3H3. The summed E-state index contributed by atoms with van der Waals surface area (Å²) in [5, 5.41) is 0. The predicted octanol–water partition coefficient (Wildman–Crippen LogP) is 0.844. The van der Waals surface area contributed by atoms with Crippen molar-refractivity contribution in [2.75, 3.05) is 45.2 Å². The highest BCUT2D eigenvalue weighted by Gasteiger charge is 2.24. The number of hydrogen-bond acceptors (Lipinski definition) is 6. The Balaban J connectivity index is 2.12. The molecule has 2 heterocycles. The topological polar surface area (TPSA) is 82.6 Å². The van der Waals surface area contributed by atoms with Crippen LogP contribution in [0.5, 0.6) is 0 Å². The van der Waals surface area contributed by atoms with Crippen molar-refractivity contribution in [2.24, 2.45) is 0 Å². The molecule has 0 aliphatic carbocycles. The van der Waals surface area contributed by atoms with Gasteiger partial charge in [-0.1, -0.05) is 0 Å². The van der Waals surface area contributed by atoms with Gasteiger partial charge in [-0.15, -0.1) is 0 Å². The van der Waals surface area contributed by atoms with Gasteiger partial charge in [0.1, 0.15) is 11.6 Å². The Kier molecular flexibility index (Phi) is 5.19. The molecular weight excluding hydrogens is 272 g/mol. The highest BCUT2D eigenvalue weighted by atomic mass is 16.5. The van der Waals surface area contributed by atoms with Gasteiger partial charge in [0.2, 0.25) is 0 Å². The first-order valence-electron chi connectivity index (χ1n) is 7.36. The summed E-state index contributed by atoms with van der Waals surface area (Å²) in [7, 11) is 0. The lowest BCUT2D eigenvalue weighted by molar-refractivity contribution is 0.0326. The molecule has 0 aromatic carbocycles. The van der Waals surface area contributed by atoms with Crippen LogP contribution >= 0.6 is 0 Å². The van der Waals surface area contributed by atoms with Crippen LogP contribution in [0, 0.1) is 6.92 Å². The lowest BCUT2D eigenvalue weighted by Crippen LogP contribution is -2.39. The summed E-state index contributed by atoms with van der Waals surface area (Å²) >= 11 is 0. The normalized spacial score (nSPS) is 17.7. The molecule has 0 radical (unpaired) electrons. The van der Waals surface area contributed by atoms with E-state index in [2.05, 4.69) is 16.8 Å². The van der Waals surface area contributed by atoms with Crippen molar-refractivity contribution in [2.45, 2.75) is 26.8 Å². The van der Waals surface area contributed by atoms with Crippen LogP contribution in [-0.2, 0) is 9.47 Å². The Morgan fingerprint density at radius 3 is 2.76 bits per heavy atom. The molecule has 2 rings (SSSR count). The highest BCUT2D eigenvalue weighted by Crippen LogP contribution is 2.22. The van der Waals surface area contributed by atoms with Crippen molar-refractivity contribution < 1.29 is 14.3 Å². The lowest BCUT2D eigenvalue weighted by Gasteiger charge is -2.30. The van der Waals surface area contributed by atoms with Crippen LogP contribution in [0.15, 0.2) is 0 Å². The zero-order valence-corrected chi connectivity index (χ0v) is 13.0. The second-order valence-corrected chi connectivity index (χ2v) is 5.25. The monoisotopic (exact) mass is 296 g/mol. The molecule has 7 heteroatoms. The van der Waals surface area contributed by atoms with Gasteiger partial charge in [0, 0.05) is 25.7 Å². The van der Waals surface area contributed by atoms with E-state index in [1.807, 2.05) is 11.5 Å². The number of carbonyl (C=O) groups excluding carboxylic acids is 1. The molecular formula is C14H24N4O3. The fourth-order valence-electron chi connectivity index (χ4n) is 2.71. The molecule has 21 heavy (non-hydrogen) atoms. The van der Waals surface area contributed by atoms with Crippen LogP contribution < -0.4 is 5.73 Å². The predicted molar refractivity (Wildman–Crippen MR) is 79.3 cm³/mol. The number of aromatic nitrogens is 2. The molecule has 1 aliphatic heterocycles. The maximum atomic E-state index is 11.8. The maximum absolute atomic E-state index is 11.8. The minimum absolute atomic E-state index is 0.138. The Morgan fingerprint density at radius 1 is 1.48 bits per heavy atom. The fraction of sp³-hybridized carbons (Fsp3) is 0.714. The first-order chi connectivity index (χ1) is 10.0. The van der Waals surface area contributed by atoms with Crippen LogP contribution in [0.3, 0.4) is 0 Å². The molecule has 1 aliphatic rings. The van der Waals surface area contributed by atoms with Crippen molar-refractivity contribution in [3.05, 3.63) is 11.5 Å². The molecule has 1 aromatic heterocycles. The average molecular weight is 296 g/mol. The molecule has 0 bridgehead atoms. The second-order valence-electron chi connectivity index (χ2n) is 5.25. The number of hydrogen-bond donors (Lipinski definition) is 1. The van der Waals surface area contributed by atoms with Crippen LogP contribution in [0.4, 0.5) is 5.82 Å². The SMILES string of the molecule is CCOC(=O)c1nc(C)n(C(C)CN2CCOCC2)c1N. The molecule has 0 spiro atoms. The van der Waals surface area contributed by atoms with Gasteiger partial charge >= 0.3 is 5.97 Å². The minimum atomic E-state index is -0.463. The number of rotatable bonds is 5. The molecule has 2 N–H and O–H groups in total. The number of anilines is 1. The van der Waals surface area contributed by atoms with Gasteiger partial charge in [0.25, 0.3) is 0 Å². The summed E-state index contributed by atoms with van der Waals surface area (Å²) in [5.41, 5.74) is 6.31. The van der Waals surface area contributed by atoms with Crippen molar-refractivity contribution in [3.63, 3.8) is 0 Å². The molecule has 1 saturated heterocycles. The van der Waals surface area contributed by atoms with Crippen molar-refractivity contribution in [3.8, 4) is 0 Å². The summed E-state index contributed by atoms with van der Waals surface area (Å²) in [6, 6.07) is 0.138. The lowest BCUT2D eigenvalue weighted by atomic mass is 10.2. The van der Waals surface area contributed by atoms with Crippen LogP contribution in [0.2, 0.25) is 0 Å². The van der Waals surface area contributed by atoms with E-state index in [1.54, 1.807) is 6.92 Å². The van der Waals surface area contributed by atoms with Gasteiger partial charge < -0.3 is 19.8 Å². The quantitative estimate of drug-likeness (QED) is 0.811. The number of nitrogen functional groups attached to an aromatic ring is 1. The minimum Gasteiger partial charge on any atom is -0.461 e. The van der Waals surface area contributed by atoms with Gasteiger partial charge in [-0.05, 0) is 20.8 Å². The molecule has 7 nitrogen and oxygen atoms in total. The summed E-state index contributed by atoms with van der Waals surface area (Å²) in [5.74, 6) is 0.651. The Labute approximate surface area is 125 Å². The smallest absolute Gasteiger partial charge is 0.360 e. The Bertz CT molecular complexity index is 495. The molecule has 1 atom stereocenters. The van der Waals surface area contributed by atoms with E-state index in [1.165, 1.54) is 0 Å². The summed E-state index contributed by atoms with van der Waals surface area (Å²) in [6.45, 7) is 10.2. The first-order valence-corrected chi connectivity index (χ1v) is 7.36. The zero-order valence-electron chi connectivity index (χ0n) is 13.0. The number of carbonyl (C=O) groups is 1. The van der Waals surface area contributed by atoms with E-state index in [4.69, 9.17) is 15.2 Å². The third-order valence-electron chi connectivity index (χ3n) is 3.66. The van der Waals surface area contributed by atoms with E-state index in [0.29, 0.717) is 12.4 Å².